The molecule has 80 valence electrons. The Morgan fingerprint density at radius 3 is 2.57 bits per heavy atom. The average Bonchev–Trinajstić information content (AvgIpc) is 2.44. The molecular formula is C10H17NO2S. The summed E-state index contributed by atoms with van der Waals surface area (Å²) in [7, 11) is 1.60. The molecule has 0 fully saturated rings. The quantitative estimate of drug-likeness (QED) is 0.831. The van der Waals surface area contributed by atoms with Crippen molar-refractivity contribution in [3.8, 4) is 0 Å². The van der Waals surface area contributed by atoms with E-state index in [0.717, 1.165) is 10.7 Å². The van der Waals surface area contributed by atoms with Crippen molar-refractivity contribution in [3.05, 3.63) is 15.6 Å². The fourth-order valence-corrected chi connectivity index (χ4v) is 2.11. The van der Waals surface area contributed by atoms with Crippen molar-refractivity contribution in [2.24, 2.45) is 0 Å². The highest BCUT2D eigenvalue weighted by molar-refractivity contribution is 7.11. The first-order valence-corrected chi connectivity index (χ1v) is 5.50. The molecule has 14 heavy (non-hydrogen) atoms. The van der Waals surface area contributed by atoms with E-state index in [0.29, 0.717) is 6.42 Å². The maximum Gasteiger partial charge on any atom is 0.0957 e. The zero-order valence-electron chi connectivity index (χ0n) is 9.07. The van der Waals surface area contributed by atoms with Gasteiger partial charge >= 0.3 is 0 Å². The van der Waals surface area contributed by atoms with E-state index in [1.807, 2.05) is 20.8 Å². The number of nitrogens with zero attached hydrogens (tertiary/aromatic N) is 1. The van der Waals surface area contributed by atoms with Gasteiger partial charge in [-0.3, -0.25) is 0 Å². The van der Waals surface area contributed by atoms with Crippen molar-refractivity contribution in [1.29, 1.82) is 0 Å². The van der Waals surface area contributed by atoms with Gasteiger partial charge in [-0.2, -0.15) is 0 Å². The van der Waals surface area contributed by atoms with Crippen LogP contribution in [0.25, 0.3) is 0 Å². The molecule has 0 aliphatic rings. The third-order valence-corrected chi connectivity index (χ3v) is 3.47. The Bertz CT molecular complexity index is 279. The Labute approximate surface area is 88.8 Å². The Morgan fingerprint density at radius 2 is 2.14 bits per heavy atom. The van der Waals surface area contributed by atoms with Crippen LogP contribution in [-0.4, -0.2) is 29.4 Å². The molecule has 1 aromatic heterocycles. The summed E-state index contributed by atoms with van der Waals surface area (Å²) < 4.78 is 5.05. The molecule has 2 unspecified atom stereocenters. The van der Waals surface area contributed by atoms with Crippen LogP contribution in [-0.2, 0) is 11.2 Å². The minimum Gasteiger partial charge on any atom is -0.390 e. The lowest BCUT2D eigenvalue weighted by Crippen LogP contribution is -2.26. The molecule has 0 saturated heterocycles. The van der Waals surface area contributed by atoms with Crippen LogP contribution >= 0.6 is 11.3 Å². The van der Waals surface area contributed by atoms with Gasteiger partial charge in [-0.1, -0.05) is 0 Å². The number of rotatable bonds is 4. The summed E-state index contributed by atoms with van der Waals surface area (Å²) in [6.45, 7) is 5.89. The number of methoxy groups -OCH3 is 1. The molecule has 0 bridgehead atoms. The number of aryl methyl sites for hydroxylation is 2. The lowest BCUT2D eigenvalue weighted by Gasteiger charge is -2.15. The molecule has 0 aromatic carbocycles. The van der Waals surface area contributed by atoms with Crippen molar-refractivity contribution in [1.82, 2.24) is 4.98 Å². The zero-order chi connectivity index (χ0) is 10.7. The summed E-state index contributed by atoms with van der Waals surface area (Å²) in [5, 5.41) is 10.7. The normalized spacial score (nSPS) is 15.5. The number of hydrogen-bond acceptors (Lipinski definition) is 4. The zero-order valence-corrected chi connectivity index (χ0v) is 9.89. The summed E-state index contributed by atoms with van der Waals surface area (Å²) in [5.41, 5.74) is 1.06. The molecule has 1 heterocycles. The van der Waals surface area contributed by atoms with Crippen LogP contribution < -0.4 is 0 Å². The monoisotopic (exact) mass is 215 g/mol. The van der Waals surface area contributed by atoms with Crippen LogP contribution in [0, 0.1) is 13.8 Å². The second kappa shape index (κ2) is 4.87. The van der Waals surface area contributed by atoms with E-state index in [-0.39, 0.29) is 6.10 Å². The molecule has 0 aliphatic carbocycles. The Morgan fingerprint density at radius 1 is 1.50 bits per heavy atom. The van der Waals surface area contributed by atoms with Crippen molar-refractivity contribution in [2.75, 3.05) is 7.11 Å². The number of hydrogen-bond donors (Lipinski definition) is 1. The van der Waals surface area contributed by atoms with Crippen LogP contribution in [0.4, 0.5) is 0 Å². The Balaban J connectivity index is 2.60. The largest absolute Gasteiger partial charge is 0.390 e. The number of thiazole rings is 1. The molecule has 0 amide bonds. The lowest BCUT2D eigenvalue weighted by molar-refractivity contribution is 0.000379. The van der Waals surface area contributed by atoms with E-state index >= 15 is 0 Å². The smallest absolute Gasteiger partial charge is 0.0957 e. The molecule has 3 nitrogen and oxygen atoms in total. The van der Waals surface area contributed by atoms with Gasteiger partial charge in [-0.25, -0.2) is 4.98 Å². The first-order valence-electron chi connectivity index (χ1n) is 4.68. The van der Waals surface area contributed by atoms with Gasteiger partial charge in [0, 0.05) is 18.4 Å². The van der Waals surface area contributed by atoms with Crippen LogP contribution in [0.1, 0.15) is 22.5 Å². The Hall–Kier alpha value is -0.450. The highest BCUT2D eigenvalue weighted by Crippen LogP contribution is 2.18. The molecular weight excluding hydrogens is 198 g/mol. The first kappa shape index (κ1) is 11.6. The second-order valence-corrected chi connectivity index (χ2v) is 4.75. The number of aromatic nitrogens is 1. The highest BCUT2D eigenvalue weighted by Gasteiger charge is 2.16. The first-order chi connectivity index (χ1) is 6.54. The Kier molecular flexibility index (Phi) is 4.04. The molecule has 0 saturated carbocycles. The van der Waals surface area contributed by atoms with Gasteiger partial charge in [0.25, 0.3) is 0 Å². The maximum absolute atomic E-state index is 9.71. The minimum absolute atomic E-state index is 0.139. The lowest BCUT2D eigenvalue weighted by atomic mass is 10.2. The van der Waals surface area contributed by atoms with Crippen molar-refractivity contribution < 1.29 is 9.84 Å². The summed E-state index contributed by atoms with van der Waals surface area (Å²) in [5.74, 6) is 0. The second-order valence-electron chi connectivity index (χ2n) is 3.46. The standard InChI is InChI=1S/C10H17NO2S/c1-6-8(3)14-10(11-6)5-9(12)7(2)13-4/h7,9,12H,5H2,1-4H3. The van der Waals surface area contributed by atoms with E-state index in [2.05, 4.69) is 4.98 Å². The van der Waals surface area contributed by atoms with Gasteiger partial charge in [-0.05, 0) is 20.8 Å². The van der Waals surface area contributed by atoms with Gasteiger partial charge < -0.3 is 9.84 Å². The predicted octanol–water partition coefficient (Wildman–Crippen LogP) is 1.70. The van der Waals surface area contributed by atoms with E-state index < -0.39 is 6.10 Å². The fraction of sp³-hybridized carbons (Fsp3) is 0.700. The summed E-state index contributed by atoms with van der Waals surface area (Å²) in [4.78, 5) is 5.59. The SMILES string of the molecule is COC(C)C(O)Cc1nc(C)c(C)s1. The van der Waals surface area contributed by atoms with Gasteiger partial charge in [0.15, 0.2) is 0 Å². The van der Waals surface area contributed by atoms with Crippen molar-refractivity contribution >= 4 is 11.3 Å². The van der Waals surface area contributed by atoms with Crippen molar-refractivity contribution in [3.63, 3.8) is 0 Å². The van der Waals surface area contributed by atoms with Gasteiger partial charge in [-0.15, -0.1) is 11.3 Å². The molecule has 4 heteroatoms. The van der Waals surface area contributed by atoms with E-state index in [4.69, 9.17) is 4.74 Å². The maximum atomic E-state index is 9.71. The van der Waals surface area contributed by atoms with Crippen LogP contribution in [0.15, 0.2) is 0 Å². The fourth-order valence-electron chi connectivity index (χ4n) is 1.13. The molecule has 0 radical (unpaired) electrons. The van der Waals surface area contributed by atoms with Crippen LogP contribution in [0.3, 0.4) is 0 Å². The predicted molar refractivity (Wildman–Crippen MR) is 57.8 cm³/mol. The topological polar surface area (TPSA) is 42.4 Å². The molecule has 1 rings (SSSR count). The molecule has 0 aliphatic heterocycles. The van der Waals surface area contributed by atoms with E-state index in [1.165, 1.54) is 4.88 Å². The molecule has 0 spiro atoms. The average molecular weight is 215 g/mol. The molecule has 2 atom stereocenters. The number of ether oxygens (including phenoxy) is 1. The highest BCUT2D eigenvalue weighted by atomic mass is 32.1. The van der Waals surface area contributed by atoms with Gasteiger partial charge in [0.1, 0.15) is 0 Å². The summed E-state index contributed by atoms with van der Waals surface area (Å²) in [6.07, 6.45) is -0.0292. The number of aliphatic hydroxyl groups is 1. The molecule has 1 N–H and O–H groups in total. The minimum atomic E-state index is -0.468. The number of aliphatic hydroxyl groups excluding tert-OH is 1. The third-order valence-electron chi connectivity index (χ3n) is 2.37. The van der Waals surface area contributed by atoms with Crippen molar-refractivity contribution in [2.45, 2.75) is 39.4 Å². The summed E-state index contributed by atoms with van der Waals surface area (Å²) >= 11 is 1.64. The van der Waals surface area contributed by atoms with Gasteiger partial charge in [0.2, 0.25) is 0 Å². The van der Waals surface area contributed by atoms with Gasteiger partial charge in [0.05, 0.1) is 22.9 Å². The van der Waals surface area contributed by atoms with Crippen LogP contribution in [0.2, 0.25) is 0 Å². The molecule has 1 aromatic rings. The van der Waals surface area contributed by atoms with E-state index in [9.17, 15) is 5.11 Å². The van der Waals surface area contributed by atoms with Crippen LogP contribution in [0.5, 0.6) is 0 Å². The van der Waals surface area contributed by atoms with E-state index in [1.54, 1.807) is 18.4 Å². The third kappa shape index (κ3) is 2.77. The summed E-state index contributed by atoms with van der Waals surface area (Å²) in [6, 6.07) is 0.